The third-order valence-corrected chi connectivity index (χ3v) is 3.45. The number of hydrogen-bond donors (Lipinski definition) is 2. The van der Waals surface area contributed by atoms with Gasteiger partial charge in [-0.1, -0.05) is 11.3 Å². The summed E-state index contributed by atoms with van der Waals surface area (Å²) in [5.41, 5.74) is 2.57. The van der Waals surface area contributed by atoms with E-state index in [2.05, 4.69) is 9.97 Å². The molecule has 5 nitrogen and oxygen atoms in total. The minimum absolute atomic E-state index is 0.209. The lowest BCUT2D eigenvalue weighted by molar-refractivity contribution is 0.485. The zero-order valence-electron chi connectivity index (χ0n) is 8.85. The molecule has 6 heteroatoms. The van der Waals surface area contributed by atoms with Crippen LogP contribution in [0.3, 0.4) is 0 Å². The molecule has 0 aliphatic rings. The molecule has 0 fully saturated rings. The fourth-order valence-corrected chi connectivity index (χ4v) is 2.40. The first-order valence-corrected chi connectivity index (χ1v) is 5.75. The first-order valence-electron chi connectivity index (χ1n) is 4.93. The van der Waals surface area contributed by atoms with E-state index < -0.39 is 5.76 Å². The summed E-state index contributed by atoms with van der Waals surface area (Å²) in [6.07, 6.45) is 0. The lowest BCUT2D eigenvalue weighted by Gasteiger charge is -1.94. The number of fused-ring (bicyclic) bond motifs is 1. The van der Waals surface area contributed by atoms with Crippen molar-refractivity contribution in [1.29, 1.82) is 0 Å². The number of nitrogens with zero attached hydrogens (tertiary/aromatic N) is 1. The number of nitrogens with one attached hydrogen (secondary N) is 1. The van der Waals surface area contributed by atoms with Crippen molar-refractivity contribution in [3.63, 3.8) is 0 Å². The number of aromatic nitrogens is 2. The Hall–Kier alpha value is -2.08. The van der Waals surface area contributed by atoms with Crippen LogP contribution in [0.25, 0.3) is 21.7 Å². The minimum atomic E-state index is -0.477. The first-order chi connectivity index (χ1) is 8.13. The Morgan fingerprint density at radius 2 is 2.29 bits per heavy atom. The van der Waals surface area contributed by atoms with E-state index in [4.69, 9.17) is 4.42 Å². The van der Waals surface area contributed by atoms with Gasteiger partial charge in [0, 0.05) is 5.56 Å². The van der Waals surface area contributed by atoms with Gasteiger partial charge in [-0.05, 0) is 25.1 Å². The van der Waals surface area contributed by atoms with Crippen molar-refractivity contribution in [3.8, 4) is 15.6 Å². The Kier molecular flexibility index (Phi) is 2.05. The van der Waals surface area contributed by atoms with Crippen LogP contribution in [0.15, 0.2) is 27.4 Å². The fraction of sp³-hybridized carbons (Fsp3) is 0.0909. The van der Waals surface area contributed by atoms with E-state index in [-0.39, 0.29) is 5.06 Å². The molecule has 2 aromatic heterocycles. The van der Waals surface area contributed by atoms with Crippen molar-refractivity contribution in [2.75, 3.05) is 0 Å². The summed E-state index contributed by atoms with van der Waals surface area (Å²) < 4.78 is 4.91. The molecule has 0 unspecified atom stereocenters. The molecule has 0 aliphatic carbocycles. The third-order valence-electron chi connectivity index (χ3n) is 2.44. The van der Waals surface area contributed by atoms with Gasteiger partial charge in [0.15, 0.2) is 10.6 Å². The van der Waals surface area contributed by atoms with Crippen LogP contribution in [0.2, 0.25) is 0 Å². The summed E-state index contributed by atoms with van der Waals surface area (Å²) in [6.45, 7) is 1.74. The summed E-state index contributed by atoms with van der Waals surface area (Å²) in [5.74, 6) is -0.477. The lowest BCUT2D eigenvalue weighted by Crippen LogP contribution is -1.92. The Bertz CT molecular complexity index is 734. The number of hydrogen-bond acceptors (Lipinski definition) is 5. The molecule has 0 saturated carbocycles. The van der Waals surface area contributed by atoms with Crippen LogP contribution in [-0.2, 0) is 0 Å². The SMILES string of the molecule is Cc1nc(-c2ccc3oc(=O)[nH]c3c2)sc1O. The van der Waals surface area contributed by atoms with E-state index in [1.54, 1.807) is 25.1 Å². The number of thiazole rings is 1. The molecule has 0 saturated heterocycles. The molecule has 17 heavy (non-hydrogen) atoms. The van der Waals surface area contributed by atoms with Crippen molar-refractivity contribution >= 4 is 22.4 Å². The molecule has 2 heterocycles. The molecule has 2 N–H and O–H groups in total. The average molecular weight is 248 g/mol. The second-order valence-corrected chi connectivity index (χ2v) is 4.61. The van der Waals surface area contributed by atoms with Crippen molar-refractivity contribution in [2.45, 2.75) is 6.92 Å². The second-order valence-electron chi connectivity index (χ2n) is 3.64. The van der Waals surface area contributed by atoms with Crippen molar-refractivity contribution in [3.05, 3.63) is 34.4 Å². The molecule has 86 valence electrons. The molecule has 0 bridgehead atoms. The standard InChI is InChI=1S/C11H8N2O3S/c1-5-10(14)17-9(12-5)6-2-3-8-7(4-6)13-11(15)16-8/h2-4,14H,1H3,(H,13,15). The van der Waals surface area contributed by atoms with Gasteiger partial charge in [-0.25, -0.2) is 9.78 Å². The average Bonchev–Trinajstić information content (AvgIpc) is 2.80. The Morgan fingerprint density at radius 1 is 1.47 bits per heavy atom. The second kappa shape index (κ2) is 3.46. The van der Waals surface area contributed by atoms with Crippen LogP contribution in [0.1, 0.15) is 5.69 Å². The van der Waals surface area contributed by atoms with Crippen LogP contribution >= 0.6 is 11.3 Å². The minimum Gasteiger partial charge on any atom is -0.498 e. The highest BCUT2D eigenvalue weighted by atomic mass is 32.1. The van der Waals surface area contributed by atoms with Crippen LogP contribution in [0, 0.1) is 6.92 Å². The topological polar surface area (TPSA) is 79.1 Å². The van der Waals surface area contributed by atoms with Crippen LogP contribution in [-0.4, -0.2) is 15.1 Å². The highest BCUT2D eigenvalue weighted by Crippen LogP contribution is 2.33. The van der Waals surface area contributed by atoms with Gasteiger partial charge in [0.2, 0.25) is 0 Å². The van der Waals surface area contributed by atoms with Crippen molar-refractivity contribution in [2.24, 2.45) is 0 Å². The van der Waals surface area contributed by atoms with Crippen molar-refractivity contribution < 1.29 is 9.52 Å². The van der Waals surface area contributed by atoms with Gasteiger partial charge in [-0.2, -0.15) is 0 Å². The summed E-state index contributed by atoms with van der Waals surface area (Å²) in [4.78, 5) is 17.8. The fourth-order valence-electron chi connectivity index (χ4n) is 1.60. The van der Waals surface area contributed by atoms with E-state index in [1.807, 2.05) is 0 Å². The van der Waals surface area contributed by atoms with Crippen LogP contribution in [0.4, 0.5) is 0 Å². The molecule has 0 radical (unpaired) electrons. The number of oxazole rings is 1. The molecular weight excluding hydrogens is 240 g/mol. The predicted octanol–water partition coefficient (Wildman–Crippen LogP) is 2.26. The summed E-state index contributed by atoms with van der Waals surface area (Å²) in [5, 5.41) is 10.4. The number of rotatable bonds is 1. The summed E-state index contributed by atoms with van der Waals surface area (Å²) >= 11 is 1.20. The molecule has 3 rings (SSSR count). The zero-order chi connectivity index (χ0) is 12.0. The zero-order valence-corrected chi connectivity index (χ0v) is 9.67. The van der Waals surface area contributed by atoms with Gasteiger partial charge in [0.05, 0.1) is 11.2 Å². The number of H-pyrrole nitrogens is 1. The van der Waals surface area contributed by atoms with E-state index in [0.717, 1.165) is 5.56 Å². The molecule has 0 atom stereocenters. The van der Waals surface area contributed by atoms with Gasteiger partial charge in [-0.3, -0.25) is 4.98 Å². The quantitative estimate of drug-likeness (QED) is 0.692. The molecule has 0 spiro atoms. The first kappa shape index (κ1) is 10.1. The molecule has 3 aromatic rings. The van der Waals surface area contributed by atoms with E-state index >= 15 is 0 Å². The van der Waals surface area contributed by atoms with Gasteiger partial charge < -0.3 is 9.52 Å². The monoisotopic (exact) mass is 248 g/mol. The van der Waals surface area contributed by atoms with Crippen molar-refractivity contribution in [1.82, 2.24) is 9.97 Å². The maximum atomic E-state index is 11.0. The lowest BCUT2D eigenvalue weighted by atomic mass is 10.2. The number of aryl methyl sites for hydroxylation is 1. The van der Waals surface area contributed by atoms with E-state index in [1.165, 1.54) is 11.3 Å². The number of benzene rings is 1. The number of aromatic amines is 1. The number of aromatic hydroxyl groups is 1. The Labute approximate surface area is 99.4 Å². The largest absolute Gasteiger partial charge is 0.498 e. The third kappa shape index (κ3) is 1.62. The maximum Gasteiger partial charge on any atom is 0.417 e. The van der Waals surface area contributed by atoms with Gasteiger partial charge in [-0.15, -0.1) is 0 Å². The van der Waals surface area contributed by atoms with E-state index in [9.17, 15) is 9.90 Å². The normalized spacial score (nSPS) is 11.1. The highest BCUT2D eigenvalue weighted by molar-refractivity contribution is 7.16. The highest BCUT2D eigenvalue weighted by Gasteiger charge is 2.10. The van der Waals surface area contributed by atoms with Crippen LogP contribution < -0.4 is 5.76 Å². The molecule has 0 amide bonds. The van der Waals surface area contributed by atoms with E-state index in [0.29, 0.717) is 21.8 Å². The van der Waals surface area contributed by atoms with Gasteiger partial charge in [0.25, 0.3) is 0 Å². The Morgan fingerprint density at radius 3 is 3.00 bits per heavy atom. The molecule has 0 aliphatic heterocycles. The van der Waals surface area contributed by atoms with Gasteiger partial charge in [0.1, 0.15) is 5.01 Å². The molecule has 1 aromatic carbocycles. The predicted molar refractivity (Wildman–Crippen MR) is 64.3 cm³/mol. The molecular formula is C11H8N2O3S. The summed E-state index contributed by atoms with van der Waals surface area (Å²) in [7, 11) is 0. The smallest absolute Gasteiger partial charge is 0.417 e. The van der Waals surface area contributed by atoms with Crippen LogP contribution in [0.5, 0.6) is 5.06 Å². The summed E-state index contributed by atoms with van der Waals surface area (Å²) in [6, 6.07) is 5.28. The maximum absolute atomic E-state index is 11.0. The van der Waals surface area contributed by atoms with Gasteiger partial charge >= 0.3 is 5.76 Å². The Balaban J connectivity index is 2.20.